The van der Waals surface area contributed by atoms with Gasteiger partial charge in [0.15, 0.2) is 0 Å². The van der Waals surface area contributed by atoms with Gasteiger partial charge in [0.05, 0.1) is 6.61 Å². The molecule has 1 nitrogen and oxygen atoms in total. The van der Waals surface area contributed by atoms with E-state index in [9.17, 15) is 8.78 Å². The number of rotatable bonds is 2. The molecule has 0 aromatic heterocycles. The third kappa shape index (κ3) is 2.09. The third-order valence-electron chi connectivity index (χ3n) is 2.40. The standard InChI is InChI=1S/C13H10F2O/c14-12-5-3-9(4-6-12)10-1-2-11(8-16)13(15)7-10/h1-7,16H,8H2. The van der Waals surface area contributed by atoms with E-state index < -0.39 is 5.82 Å². The summed E-state index contributed by atoms with van der Waals surface area (Å²) in [4.78, 5) is 0. The first kappa shape index (κ1) is 10.8. The van der Waals surface area contributed by atoms with Crippen LogP contribution in [0.4, 0.5) is 8.78 Å². The summed E-state index contributed by atoms with van der Waals surface area (Å²) in [5, 5.41) is 8.83. The molecule has 0 aliphatic carbocycles. The minimum Gasteiger partial charge on any atom is -0.392 e. The van der Waals surface area contributed by atoms with Gasteiger partial charge in [-0.2, -0.15) is 0 Å². The SMILES string of the molecule is OCc1ccc(-c2ccc(F)cc2)cc1F. The topological polar surface area (TPSA) is 20.2 Å². The molecular weight excluding hydrogens is 210 g/mol. The molecule has 0 heterocycles. The summed E-state index contributed by atoms with van der Waals surface area (Å²) in [7, 11) is 0. The lowest BCUT2D eigenvalue weighted by molar-refractivity contribution is 0.276. The Morgan fingerprint density at radius 3 is 2.06 bits per heavy atom. The lowest BCUT2D eigenvalue weighted by Gasteiger charge is -2.04. The molecule has 0 saturated carbocycles. The predicted octanol–water partition coefficient (Wildman–Crippen LogP) is 3.12. The van der Waals surface area contributed by atoms with Crippen molar-refractivity contribution in [2.24, 2.45) is 0 Å². The first-order valence-electron chi connectivity index (χ1n) is 4.86. The predicted molar refractivity (Wildman–Crippen MR) is 57.7 cm³/mol. The molecular formula is C13H10F2O. The first-order valence-corrected chi connectivity index (χ1v) is 4.86. The Balaban J connectivity index is 2.41. The van der Waals surface area contributed by atoms with Crippen LogP contribution in [0.25, 0.3) is 11.1 Å². The van der Waals surface area contributed by atoms with Crippen LogP contribution in [0.1, 0.15) is 5.56 Å². The van der Waals surface area contributed by atoms with Crippen molar-refractivity contribution >= 4 is 0 Å². The van der Waals surface area contributed by atoms with Gasteiger partial charge in [-0.3, -0.25) is 0 Å². The highest BCUT2D eigenvalue weighted by atomic mass is 19.1. The summed E-state index contributed by atoms with van der Waals surface area (Å²) >= 11 is 0. The van der Waals surface area contributed by atoms with Crippen molar-refractivity contribution in [3.05, 3.63) is 59.7 Å². The highest BCUT2D eigenvalue weighted by Gasteiger charge is 2.04. The number of benzene rings is 2. The van der Waals surface area contributed by atoms with Gasteiger partial charge >= 0.3 is 0 Å². The molecule has 0 atom stereocenters. The van der Waals surface area contributed by atoms with Gasteiger partial charge < -0.3 is 5.11 Å². The number of halogens is 2. The van der Waals surface area contributed by atoms with Crippen LogP contribution >= 0.6 is 0 Å². The van der Waals surface area contributed by atoms with Crippen LogP contribution in [0.3, 0.4) is 0 Å². The van der Waals surface area contributed by atoms with Crippen LogP contribution in [-0.4, -0.2) is 5.11 Å². The molecule has 2 rings (SSSR count). The van der Waals surface area contributed by atoms with Crippen LogP contribution in [-0.2, 0) is 6.61 Å². The summed E-state index contributed by atoms with van der Waals surface area (Å²) in [5.74, 6) is -0.777. The highest BCUT2D eigenvalue weighted by molar-refractivity contribution is 5.63. The van der Waals surface area contributed by atoms with E-state index in [1.54, 1.807) is 18.2 Å². The summed E-state index contributed by atoms with van der Waals surface area (Å²) < 4.78 is 26.1. The molecule has 2 aromatic rings. The van der Waals surface area contributed by atoms with Crippen LogP contribution in [0.2, 0.25) is 0 Å². The van der Waals surface area contributed by atoms with Gasteiger partial charge in [0, 0.05) is 5.56 Å². The normalized spacial score (nSPS) is 10.4. The van der Waals surface area contributed by atoms with Gasteiger partial charge in [-0.25, -0.2) is 8.78 Å². The maximum Gasteiger partial charge on any atom is 0.129 e. The molecule has 1 N–H and O–H groups in total. The fourth-order valence-corrected chi connectivity index (χ4v) is 1.50. The van der Waals surface area contributed by atoms with E-state index in [2.05, 4.69) is 0 Å². The first-order chi connectivity index (χ1) is 7.70. The third-order valence-corrected chi connectivity index (χ3v) is 2.40. The molecule has 0 fully saturated rings. The molecule has 82 valence electrons. The van der Waals surface area contributed by atoms with Gasteiger partial charge in [0.25, 0.3) is 0 Å². The van der Waals surface area contributed by atoms with Gasteiger partial charge in [0.2, 0.25) is 0 Å². The monoisotopic (exact) mass is 220 g/mol. The van der Waals surface area contributed by atoms with Gasteiger partial charge in [-0.15, -0.1) is 0 Å². The van der Waals surface area contributed by atoms with Crippen LogP contribution in [0.15, 0.2) is 42.5 Å². The summed E-state index contributed by atoms with van der Waals surface area (Å²) in [6, 6.07) is 10.4. The minimum absolute atomic E-state index is 0.255. The van der Waals surface area contributed by atoms with Gasteiger partial charge in [-0.05, 0) is 29.3 Å². The maximum atomic E-state index is 13.4. The molecule has 0 amide bonds. The van der Waals surface area contributed by atoms with Crippen LogP contribution in [0, 0.1) is 11.6 Å². The zero-order valence-corrected chi connectivity index (χ0v) is 8.45. The largest absolute Gasteiger partial charge is 0.392 e. The lowest BCUT2D eigenvalue weighted by atomic mass is 10.0. The number of aliphatic hydroxyl groups is 1. The Morgan fingerprint density at radius 1 is 0.875 bits per heavy atom. The zero-order chi connectivity index (χ0) is 11.5. The molecule has 2 aromatic carbocycles. The second kappa shape index (κ2) is 4.41. The Morgan fingerprint density at radius 2 is 1.50 bits per heavy atom. The molecule has 0 unspecified atom stereocenters. The van der Waals surface area contributed by atoms with E-state index in [4.69, 9.17) is 5.11 Å². The van der Waals surface area contributed by atoms with Crippen LogP contribution in [0.5, 0.6) is 0 Å². The molecule has 0 radical (unpaired) electrons. The number of aliphatic hydroxyl groups excluding tert-OH is 1. The van der Waals surface area contributed by atoms with Gasteiger partial charge in [-0.1, -0.05) is 24.3 Å². The average Bonchev–Trinajstić information content (AvgIpc) is 2.30. The summed E-state index contributed by atoms with van der Waals surface area (Å²) in [6.45, 7) is -0.324. The molecule has 3 heteroatoms. The van der Waals surface area contributed by atoms with E-state index in [1.165, 1.54) is 24.3 Å². The average molecular weight is 220 g/mol. The molecule has 0 aliphatic heterocycles. The Kier molecular flexibility index (Phi) is 2.97. The van der Waals surface area contributed by atoms with E-state index in [1.807, 2.05) is 0 Å². The lowest BCUT2D eigenvalue weighted by Crippen LogP contribution is -1.90. The Hall–Kier alpha value is -1.74. The quantitative estimate of drug-likeness (QED) is 0.824. The van der Waals surface area contributed by atoms with E-state index in [0.29, 0.717) is 5.56 Å². The molecule has 0 bridgehead atoms. The minimum atomic E-state index is -0.454. The molecule has 0 aliphatic rings. The second-order valence-corrected chi connectivity index (χ2v) is 3.47. The summed E-state index contributed by atoms with van der Waals surface area (Å²) in [5.41, 5.74) is 1.66. The Bertz CT molecular complexity index is 492. The van der Waals surface area contributed by atoms with Crippen molar-refractivity contribution in [1.29, 1.82) is 0 Å². The van der Waals surface area contributed by atoms with Crippen molar-refractivity contribution < 1.29 is 13.9 Å². The fraction of sp³-hybridized carbons (Fsp3) is 0.0769. The van der Waals surface area contributed by atoms with E-state index in [-0.39, 0.29) is 18.0 Å². The van der Waals surface area contributed by atoms with E-state index in [0.717, 1.165) is 5.56 Å². The number of hydrogen-bond donors (Lipinski definition) is 1. The molecule has 16 heavy (non-hydrogen) atoms. The van der Waals surface area contributed by atoms with E-state index >= 15 is 0 Å². The maximum absolute atomic E-state index is 13.4. The fourth-order valence-electron chi connectivity index (χ4n) is 1.50. The van der Waals surface area contributed by atoms with Crippen molar-refractivity contribution in [1.82, 2.24) is 0 Å². The van der Waals surface area contributed by atoms with Crippen LogP contribution < -0.4 is 0 Å². The zero-order valence-electron chi connectivity index (χ0n) is 8.45. The molecule has 0 saturated heterocycles. The smallest absolute Gasteiger partial charge is 0.129 e. The molecule has 0 spiro atoms. The summed E-state index contributed by atoms with van der Waals surface area (Å²) in [6.07, 6.45) is 0. The second-order valence-electron chi connectivity index (χ2n) is 3.47. The van der Waals surface area contributed by atoms with Gasteiger partial charge in [0.1, 0.15) is 11.6 Å². The highest BCUT2D eigenvalue weighted by Crippen LogP contribution is 2.22. The van der Waals surface area contributed by atoms with Crippen molar-refractivity contribution in [2.75, 3.05) is 0 Å². The van der Waals surface area contributed by atoms with Crippen molar-refractivity contribution in [3.8, 4) is 11.1 Å². The Labute approximate surface area is 92.0 Å². The number of hydrogen-bond acceptors (Lipinski definition) is 1. The van der Waals surface area contributed by atoms with Crippen molar-refractivity contribution in [3.63, 3.8) is 0 Å². The van der Waals surface area contributed by atoms with Crippen molar-refractivity contribution in [2.45, 2.75) is 6.61 Å².